The van der Waals surface area contributed by atoms with Crippen molar-refractivity contribution in [3.8, 4) is 5.88 Å². The maximum absolute atomic E-state index is 15.5. The standard InChI is InChI=1S/C29H39F3N6O/c1-17(2)37-12-14-38(15-13-37)23-16-21-25(34-19(4)35-26(21)36-27(23)39-8)33-18(3)20-10-9-11-22(24(20)30)29(31,32)28(5,6)7/h9-11,16-18H,12-15H2,1-8H3,(H,33,34,35,36)/t18-/m1/s1. The fourth-order valence-corrected chi connectivity index (χ4v) is 4.92. The second-order valence-electron chi connectivity index (χ2n) is 11.5. The SMILES string of the molecule is COc1nc2nc(C)nc(N[C@H](C)c3cccc(C(F)(F)C(C)(C)C)c3F)c2cc1N1CCN(C(C)C)CC1. The maximum atomic E-state index is 15.5. The van der Waals surface area contributed by atoms with Crippen molar-refractivity contribution < 1.29 is 17.9 Å². The van der Waals surface area contributed by atoms with Crippen LogP contribution in [0.15, 0.2) is 24.3 Å². The van der Waals surface area contributed by atoms with Gasteiger partial charge in [0, 0.05) is 43.2 Å². The minimum atomic E-state index is -3.35. The molecule has 1 N–H and O–H groups in total. The lowest BCUT2D eigenvalue weighted by atomic mass is 9.82. The number of nitrogens with zero attached hydrogens (tertiary/aromatic N) is 5. The number of hydrogen-bond acceptors (Lipinski definition) is 7. The normalized spacial score (nSPS) is 16.2. The third-order valence-electron chi connectivity index (χ3n) is 7.45. The molecule has 0 bridgehead atoms. The van der Waals surface area contributed by atoms with Crippen molar-refractivity contribution in [2.75, 3.05) is 43.5 Å². The highest BCUT2D eigenvalue weighted by Gasteiger charge is 2.47. The molecule has 7 nitrogen and oxygen atoms in total. The molecule has 1 aromatic carbocycles. The van der Waals surface area contributed by atoms with Crippen LogP contribution in [0.5, 0.6) is 5.88 Å². The lowest BCUT2D eigenvalue weighted by Gasteiger charge is -2.38. The van der Waals surface area contributed by atoms with Crippen LogP contribution >= 0.6 is 0 Å². The number of pyridine rings is 1. The highest BCUT2D eigenvalue weighted by atomic mass is 19.3. The molecule has 1 aliphatic heterocycles. The van der Waals surface area contributed by atoms with Crippen molar-refractivity contribution in [1.82, 2.24) is 19.9 Å². The number of rotatable bonds is 7. The summed E-state index contributed by atoms with van der Waals surface area (Å²) in [7, 11) is 1.58. The molecular weight excluding hydrogens is 505 g/mol. The van der Waals surface area contributed by atoms with E-state index in [4.69, 9.17) is 4.74 Å². The number of nitrogens with one attached hydrogen (secondary N) is 1. The molecule has 39 heavy (non-hydrogen) atoms. The van der Waals surface area contributed by atoms with Crippen LogP contribution in [0, 0.1) is 18.2 Å². The van der Waals surface area contributed by atoms with Crippen LogP contribution in [-0.4, -0.2) is 59.2 Å². The largest absolute Gasteiger partial charge is 0.479 e. The summed E-state index contributed by atoms with van der Waals surface area (Å²) in [6.45, 7) is 15.5. The number of benzene rings is 1. The van der Waals surface area contributed by atoms with Gasteiger partial charge in [-0.05, 0) is 33.8 Å². The van der Waals surface area contributed by atoms with Gasteiger partial charge in [0.25, 0.3) is 5.92 Å². The maximum Gasteiger partial charge on any atom is 0.280 e. The first-order valence-electron chi connectivity index (χ1n) is 13.4. The quantitative estimate of drug-likeness (QED) is 0.373. The molecule has 0 unspecified atom stereocenters. The highest BCUT2D eigenvalue weighted by Crippen LogP contribution is 2.46. The van der Waals surface area contributed by atoms with Crippen LogP contribution < -0.4 is 15.0 Å². The van der Waals surface area contributed by atoms with E-state index in [-0.39, 0.29) is 5.56 Å². The predicted octanol–water partition coefficient (Wildman–Crippen LogP) is 6.32. The predicted molar refractivity (Wildman–Crippen MR) is 149 cm³/mol. The molecule has 3 heterocycles. The van der Waals surface area contributed by atoms with Gasteiger partial charge in [-0.15, -0.1) is 0 Å². The van der Waals surface area contributed by atoms with Crippen LogP contribution in [0.4, 0.5) is 24.7 Å². The van der Waals surface area contributed by atoms with Gasteiger partial charge in [0.05, 0.1) is 24.1 Å². The average Bonchev–Trinajstić information content (AvgIpc) is 2.87. The second kappa shape index (κ2) is 10.8. The topological polar surface area (TPSA) is 66.4 Å². The smallest absolute Gasteiger partial charge is 0.280 e. The van der Waals surface area contributed by atoms with Crippen LogP contribution in [0.2, 0.25) is 0 Å². The Morgan fingerprint density at radius 2 is 1.67 bits per heavy atom. The zero-order chi connectivity index (χ0) is 28.7. The zero-order valence-corrected chi connectivity index (χ0v) is 24.1. The van der Waals surface area contributed by atoms with E-state index in [0.29, 0.717) is 34.6 Å². The van der Waals surface area contributed by atoms with Gasteiger partial charge >= 0.3 is 0 Å². The van der Waals surface area contributed by atoms with E-state index < -0.39 is 28.8 Å². The Hall–Kier alpha value is -3.14. The molecule has 10 heteroatoms. The molecule has 212 valence electrons. The number of fused-ring (bicyclic) bond motifs is 1. The van der Waals surface area contributed by atoms with Gasteiger partial charge in [0.15, 0.2) is 5.65 Å². The molecule has 3 aromatic rings. The summed E-state index contributed by atoms with van der Waals surface area (Å²) in [4.78, 5) is 18.4. The third-order valence-corrected chi connectivity index (χ3v) is 7.45. The van der Waals surface area contributed by atoms with Gasteiger partial charge in [-0.1, -0.05) is 39.0 Å². The molecule has 1 atom stereocenters. The molecule has 0 amide bonds. The Morgan fingerprint density at radius 3 is 2.26 bits per heavy atom. The molecule has 1 aliphatic rings. The molecular formula is C29H39F3N6O. The Labute approximate surface area is 228 Å². The molecule has 1 saturated heterocycles. The summed E-state index contributed by atoms with van der Waals surface area (Å²) in [6.07, 6.45) is 0. The van der Waals surface area contributed by atoms with Crippen molar-refractivity contribution in [2.24, 2.45) is 5.41 Å². The van der Waals surface area contributed by atoms with E-state index >= 15 is 13.2 Å². The van der Waals surface area contributed by atoms with E-state index in [0.717, 1.165) is 37.9 Å². The summed E-state index contributed by atoms with van der Waals surface area (Å²) in [5, 5.41) is 3.89. The van der Waals surface area contributed by atoms with Gasteiger partial charge < -0.3 is 15.0 Å². The van der Waals surface area contributed by atoms with Gasteiger partial charge in [-0.25, -0.2) is 23.1 Å². The van der Waals surface area contributed by atoms with Crippen LogP contribution in [0.1, 0.15) is 64.5 Å². The van der Waals surface area contributed by atoms with E-state index in [2.05, 4.69) is 43.9 Å². The van der Waals surface area contributed by atoms with Crippen LogP contribution in [-0.2, 0) is 5.92 Å². The third kappa shape index (κ3) is 5.62. The van der Waals surface area contributed by atoms with E-state index in [1.807, 2.05) is 6.07 Å². The molecule has 2 aromatic heterocycles. The van der Waals surface area contributed by atoms with E-state index in [1.165, 1.54) is 32.9 Å². The van der Waals surface area contributed by atoms with E-state index in [9.17, 15) is 0 Å². The second-order valence-corrected chi connectivity index (χ2v) is 11.5. The Balaban J connectivity index is 1.72. The number of aromatic nitrogens is 3. The average molecular weight is 545 g/mol. The van der Waals surface area contributed by atoms with Crippen LogP contribution in [0.25, 0.3) is 11.0 Å². The summed E-state index contributed by atoms with van der Waals surface area (Å²) >= 11 is 0. The van der Waals surface area contributed by atoms with Crippen molar-refractivity contribution in [3.05, 3.63) is 47.0 Å². The number of aryl methyl sites for hydroxylation is 1. The summed E-state index contributed by atoms with van der Waals surface area (Å²) in [6, 6.07) is 5.91. The Kier molecular flexibility index (Phi) is 7.98. The first-order valence-corrected chi connectivity index (χ1v) is 13.4. The van der Waals surface area contributed by atoms with Crippen molar-refractivity contribution in [2.45, 2.75) is 66.5 Å². The van der Waals surface area contributed by atoms with Gasteiger partial charge in [0.2, 0.25) is 5.88 Å². The first kappa shape index (κ1) is 28.9. The Morgan fingerprint density at radius 1 is 1.00 bits per heavy atom. The van der Waals surface area contributed by atoms with E-state index in [1.54, 1.807) is 21.0 Å². The number of ether oxygens (including phenoxy) is 1. The molecule has 0 aliphatic carbocycles. The lowest BCUT2D eigenvalue weighted by molar-refractivity contribution is -0.107. The number of piperazine rings is 1. The summed E-state index contributed by atoms with van der Waals surface area (Å²) in [5.74, 6) is -2.87. The van der Waals surface area contributed by atoms with Crippen molar-refractivity contribution in [3.63, 3.8) is 0 Å². The number of halogens is 3. The van der Waals surface area contributed by atoms with Crippen molar-refractivity contribution in [1.29, 1.82) is 0 Å². The highest BCUT2D eigenvalue weighted by molar-refractivity contribution is 5.90. The number of alkyl halides is 2. The number of hydrogen-bond donors (Lipinski definition) is 1. The van der Waals surface area contributed by atoms with Gasteiger partial charge in [-0.3, -0.25) is 4.90 Å². The van der Waals surface area contributed by atoms with Crippen molar-refractivity contribution >= 4 is 22.5 Å². The zero-order valence-electron chi connectivity index (χ0n) is 24.1. The number of methoxy groups -OCH3 is 1. The molecule has 4 rings (SSSR count). The first-order chi connectivity index (χ1) is 18.2. The molecule has 0 radical (unpaired) electrons. The molecule has 0 spiro atoms. The van der Waals surface area contributed by atoms with Gasteiger partial charge in [-0.2, -0.15) is 4.98 Å². The van der Waals surface area contributed by atoms with Crippen LogP contribution in [0.3, 0.4) is 0 Å². The Bertz CT molecular complexity index is 1330. The summed E-state index contributed by atoms with van der Waals surface area (Å²) in [5.41, 5.74) is -0.654. The lowest BCUT2D eigenvalue weighted by Crippen LogP contribution is -2.49. The van der Waals surface area contributed by atoms with Gasteiger partial charge in [0.1, 0.15) is 23.1 Å². The minimum Gasteiger partial charge on any atom is -0.479 e. The molecule has 1 fully saturated rings. The fourth-order valence-electron chi connectivity index (χ4n) is 4.92. The monoisotopic (exact) mass is 544 g/mol. The molecule has 0 saturated carbocycles. The fraction of sp³-hybridized carbons (Fsp3) is 0.552. The summed E-state index contributed by atoms with van der Waals surface area (Å²) < 4.78 is 51.4. The number of anilines is 2. The minimum absolute atomic E-state index is 0.132.